The topological polar surface area (TPSA) is 46.5 Å². The van der Waals surface area contributed by atoms with Crippen LogP contribution in [0, 0.1) is 5.92 Å². The molecule has 1 fully saturated rings. The molecule has 0 spiro atoms. The first-order chi connectivity index (χ1) is 7.44. The van der Waals surface area contributed by atoms with E-state index in [4.69, 9.17) is 4.74 Å². The highest BCUT2D eigenvalue weighted by Gasteiger charge is 2.37. The minimum absolute atomic E-state index is 0.160. The smallest absolute Gasteiger partial charge is 0.335 e. The molecule has 0 aliphatic heterocycles. The fourth-order valence-electron chi connectivity index (χ4n) is 2.15. The molecule has 0 heterocycles. The van der Waals surface area contributed by atoms with E-state index in [0.717, 1.165) is 19.3 Å². The van der Waals surface area contributed by atoms with E-state index in [0.29, 0.717) is 12.3 Å². The highest BCUT2D eigenvalue weighted by atomic mass is 16.5. The van der Waals surface area contributed by atoms with Crippen molar-refractivity contribution in [1.82, 2.24) is 0 Å². The second-order valence-electron chi connectivity index (χ2n) is 5.49. The summed E-state index contributed by atoms with van der Waals surface area (Å²) in [6.07, 6.45) is 6.05. The Bertz CT molecular complexity index is 231. The maximum absolute atomic E-state index is 11.3. The van der Waals surface area contributed by atoms with Crippen LogP contribution in [0.2, 0.25) is 0 Å². The molecule has 3 nitrogen and oxygen atoms in total. The van der Waals surface area contributed by atoms with E-state index in [-0.39, 0.29) is 6.10 Å². The van der Waals surface area contributed by atoms with E-state index < -0.39 is 11.6 Å². The Balaban J connectivity index is 2.52. The number of hydrogen-bond acceptors (Lipinski definition) is 2. The molecule has 3 heteroatoms. The zero-order valence-electron chi connectivity index (χ0n) is 10.7. The van der Waals surface area contributed by atoms with Crippen LogP contribution in [0.4, 0.5) is 0 Å². The summed E-state index contributed by atoms with van der Waals surface area (Å²) < 4.78 is 5.81. The molecule has 0 bridgehead atoms. The van der Waals surface area contributed by atoms with Gasteiger partial charge in [0.15, 0.2) is 5.60 Å². The van der Waals surface area contributed by atoms with Gasteiger partial charge in [-0.25, -0.2) is 4.79 Å². The second kappa shape index (κ2) is 5.67. The third-order valence-corrected chi connectivity index (χ3v) is 3.38. The predicted molar refractivity (Wildman–Crippen MR) is 63.5 cm³/mol. The van der Waals surface area contributed by atoms with Crippen molar-refractivity contribution < 1.29 is 14.6 Å². The Morgan fingerprint density at radius 2 is 2.00 bits per heavy atom. The first-order valence-electron chi connectivity index (χ1n) is 6.35. The fraction of sp³-hybridized carbons (Fsp3) is 0.923. The first kappa shape index (κ1) is 13.5. The normalized spacial score (nSPS) is 21.2. The van der Waals surface area contributed by atoms with Crippen LogP contribution in [0.25, 0.3) is 0 Å². The molecule has 94 valence electrons. The maximum atomic E-state index is 11.3. The van der Waals surface area contributed by atoms with Gasteiger partial charge >= 0.3 is 5.97 Å². The highest BCUT2D eigenvalue weighted by Crippen LogP contribution is 2.29. The number of rotatable bonds is 6. The summed E-state index contributed by atoms with van der Waals surface area (Å²) in [5, 5.41) is 9.28. The number of carboxylic acid groups (broad SMARTS) is 1. The molecule has 0 saturated heterocycles. The van der Waals surface area contributed by atoms with Gasteiger partial charge in [0.1, 0.15) is 0 Å². The number of carbonyl (C=O) groups is 1. The molecule has 1 saturated carbocycles. The number of hydrogen-bond donors (Lipinski definition) is 1. The monoisotopic (exact) mass is 228 g/mol. The van der Waals surface area contributed by atoms with Crippen molar-refractivity contribution in [3.8, 4) is 0 Å². The fourth-order valence-corrected chi connectivity index (χ4v) is 2.15. The largest absolute Gasteiger partial charge is 0.479 e. The van der Waals surface area contributed by atoms with Gasteiger partial charge in [-0.15, -0.1) is 0 Å². The lowest BCUT2D eigenvalue weighted by Crippen LogP contribution is -2.41. The van der Waals surface area contributed by atoms with E-state index in [9.17, 15) is 9.90 Å². The summed E-state index contributed by atoms with van der Waals surface area (Å²) in [5.74, 6) is -0.300. The Labute approximate surface area is 98.2 Å². The van der Waals surface area contributed by atoms with Gasteiger partial charge in [0.05, 0.1) is 6.10 Å². The van der Waals surface area contributed by atoms with Crippen LogP contribution in [-0.2, 0) is 9.53 Å². The molecule has 1 aliphatic rings. The van der Waals surface area contributed by atoms with E-state index in [2.05, 4.69) is 13.8 Å². The molecule has 0 aromatic carbocycles. The van der Waals surface area contributed by atoms with Crippen LogP contribution >= 0.6 is 0 Å². The van der Waals surface area contributed by atoms with Crippen molar-refractivity contribution in [2.45, 2.75) is 71.0 Å². The van der Waals surface area contributed by atoms with Gasteiger partial charge in [-0.05, 0) is 38.5 Å². The van der Waals surface area contributed by atoms with E-state index in [1.165, 1.54) is 12.8 Å². The predicted octanol–water partition coefficient (Wildman–Crippen LogP) is 3.23. The SMILES string of the molecule is CC(C)CCC(C)(OC1CCCC1)C(=O)O. The molecule has 1 unspecified atom stereocenters. The molecule has 1 aliphatic carbocycles. The van der Waals surface area contributed by atoms with Crippen LogP contribution in [0.5, 0.6) is 0 Å². The lowest BCUT2D eigenvalue weighted by Gasteiger charge is -2.29. The summed E-state index contributed by atoms with van der Waals surface area (Å²) in [5.41, 5.74) is -0.987. The Kier molecular flexibility index (Phi) is 4.78. The molecule has 0 amide bonds. The van der Waals surface area contributed by atoms with E-state index in [1.807, 2.05) is 0 Å². The molecular weight excluding hydrogens is 204 g/mol. The van der Waals surface area contributed by atoms with E-state index in [1.54, 1.807) is 6.92 Å². The zero-order valence-corrected chi connectivity index (χ0v) is 10.7. The third kappa shape index (κ3) is 3.78. The lowest BCUT2D eigenvalue weighted by atomic mass is 9.95. The number of carboxylic acids is 1. The van der Waals surface area contributed by atoms with Crippen molar-refractivity contribution in [2.75, 3.05) is 0 Å². The minimum Gasteiger partial charge on any atom is -0.479 e. The summed E-state index contributed by atoms with van der Waals surface area (Å²) in [4.78, 5) is 11.3. The van der Waals surface area contributed by atoms with Gasteiger partial charge in [-0.2, -0.15) is 0 Å². The van der Waals surface area contributed by atoms with E-state index >= 15 is 0 Å². The summed E-state index contributed by atoms with van der Waals surface area (Å²) >= 11 is 0. The van der Waals surface area contributed by atoms with Gasteiger partial charge in [0.25, 0.3) is 0 Å². The number of aliphatic carboxylic acids is 1. The Morgan fingerprint density at radius 1 is 1.44 bits per heavy atom. The molecule has 0 aromatic heterocycles. The lowest BCUT2D eigenvalue weighted by molar-refractivity contribution is -0.172. The van der Waals surface area contributed by atoms with Crippen LogP contribution in [-0.4, -0.2) is 22.8 Å². The van der Waals surface area contributed by atoms with Crippen molar-refractivity contribution in [2.24, 2.45) is 5.92 Å². The minimum atomic E-state index is -0.987. The summed E-state index contributed by atoms with van der Waals surface area (Å²) in [6, 6.07) is 0. The van der Waals surface area contributed by atoms with Gasteiger partial charge < -0.3 is 9.84 Å². The van der Waals surface area contributed by atoms with Crippen molar-refractivity contribution in [1.29, 1.82) is 0 Å². The molecule has 1 rings (SSSR count). The second-order valence-corrected chi connectivity index (χ2v) is 5.49. The molecule has 0 radical (unpaired) electrons. The van der Waals surface area contributed by atoms with Crippen LogP contribution in [0.15, 0.2) is 0 Å². The third-order valence-electron chi connectivity index (χ3n) is 3.38. The molecular formula is C13H24O3. The quantitative estimate of drug-likeness (QED) is 0.759. The average Bonchev–Trinajstić information content (AvgIpc) is 2.67. The van der Waals surface area contributed by atoms with Crippen molar-refractivity contribution in [3.05, 3.63) is 0 Å². The van der Waals surface area contributed by atoms with Crippen molar-refractivity contribution in [3.63, 3.8) is 0 Å². The standard InChI is InChI=1S/C13H24O3/c1-10(2)8-9-13(3,12(14)15)16-11-6-4-5-7-11/h10-11H,4-9H2,1-3H3,(H,14,15). The van der Waals surface area contributed by atoms with Crippen LogP contribution < -0.4 is 0 Å². The molecule has 1 atom stereocenters. The first-order valence-corrected chi connectivity index (χ1v) is 6.35. The van der Waals surface area contributed by atoms with Crippen molar-refractivity contribution >= 4 is 5.97 Å². The van der Waals surface area contributed by atoms with Crippen LogP contribution in [0.3, 0.4) is 0 Å². The maximum Gasteiger partial charge on any atom is 0.335 e. The Hall–Kier alpha value is -0.570. The Morgan fingerprint density at radius 3 is 2.44 bits per heavy atom. The number of ether oxygens (including phenoxy) is 1. The van der Waals surface area contributed by atoms with Crippen LogP contribution in [0.1, 0.15) is 59.3 Å². The molecule has 16 heavy (non-hydrogen) atoms. The zero-order chi connectivity index (χ0) is 12.2. The van der Waals surface area contributed by atoms with Gasteiger partial charge in [0.2, 0.25) is 0 Å². The summed E-state index contributed by atoms with van der Waals surface area (Å²) in [6.45, 7) is 5.94. The highest BCUT2D eigenvalue weighted by molar-refractivity contribution is 5.76. The average molecular weight is 228 g/mol. The molecule has 0 aromatic rings. The van der Waals surface area contributed by atoms with Gasteiger partial charge in [0, 0.05) is 0 Å². The van der Waals surface area contributed by atoms with Gasteiger partial charge in [-0.3, -0.25) is 0 Å². The summed E-state index contributed by atoms with van der Waals surface area (Å²) in [7, 11) is 0. The molecule has 1 N–H and O–H groups in total. The van der Waals surface area contributed by atoms with Gasteiger partial charge in [-0.1, -0.05) is 26.7 Å².